The van der Waals surface area contributed by atoms with E-state index in [1.807, 2.05) is 12.1 Å². The van der Waals surface area contributed by atoms with Gasteiger partial charge in [0.2, 0.25) is 0 Å². The third-order valence-corrected chi connectivity index (χ3v) is 3.66. The summed E-state index contributed by atoms with van der Waals surface area (Å²) in [6.07, 6.45) is 1.10. The minimum absolute atomic E-state index is 0.202. The van der Waals surface area contributed by atoms with E-state index in [2.05, 4.69) is 33.1 Å². The molecule has 88 valence electrons. The second-order valence-electron chi connectivity index (χ2n) is 4.06. The molecule has 0 radical (unpaired) electrons. The lowest BCUT2D eigenvalue weighted by atomic mass is 10.1. The highest BCUT2D eigenvalue weighted by Gasteiger charge is 2.21. The van der Waals surface area contributed by atoms with Crippen LogP contribution in [0.3, 0.4) is 0 Å². The smallest absolute Gasteiger partial charge is 0.137 e. The Hall–Kier alpha value is -0.610. The topological polar surface area (TPSA) is 15.3 Å². The molecule has 1 aromatic rings. The van der Waals surface area contributed by atoms with Crippen LogP contribution in [0, 0.1) is 5.82 Å². The maximum atomic E-state index is 13.2. The van der Waals surface area contributed by atoms with E-state index < -0.39 is 0 Å². The molecule has 0 spiro atoms. The molecule has 1 saturated heterocycles. The number of halogens is 2. The van der Waals surface area contributed by atoms with Gasteiger partial charge in [-0.15, -0.1) is 0 Å². The Balaban J connectivity index is 2.23. The van der Waals surface area contributed by atoms with Crippen LogP contribution >= 0.6 is 15.9 Å². The van der Waals surface area contributed by atoms with Crippen LogP contribution in [-0.2, 0) is 0 Å². The highest BCUT2D eigenvalue weighted by Crippen LogP contribution is 2.25. The number of rotatable bonds is 2. The maximum Gasteiger partial charge on any atom is 0.137 e. The van der Waals surface area contributed by atoms with Gasteiger partial charge in [0.05, 0.1) is 4.47 Å². The van der Waals surface area contributed by atoms with Crippen LogP contribution in [0.25, 0.3) is 0 Å². The molecule has 0 amide bonds. The van der Waals surface area contributed by atoms with Crippen LogP contribution in [0.4, 0.5) is 10.1 Å². The van der Waals surface area contributed by atoms with Gasteiger partial charge in [-0.3, -0.25) is 0 Å². The second-order valence-corrected chi connectivity index (χ2v) is 4.91. The number of hydrogen-bond donors (Lipinski definition) is 1. The van der Waals surface area contributed by atoms with E-state index in [9.17, 15) is 4.39 Å². The summed E-state index contributed by atoms with van der Waals surface area (Å²) in [7, 11) is 0. The Morgan fingerprint density at radius 2 is 2.38 bits per heavy atom. The summed E-state index contributed by atoms with van der Waals surface area (Å²) in [6.45, 7) is 5.16. The molecule has 2 nitrogen and oxygen atoms in total. The molecule has 1 atom stereocenters. The van der Waals surface area contributed by atoms with Crippen LogP contribution in [-0.4, -0.2) is 25.7 Å². The first-order chi connectivity index (χ1) is 7.72. The van der Waals surface area contributed by atoms with Gasteiger partial charge in [0, 0.05) is 31.4 Å². The average molecular weight is 287 g/mol. The minimum atomic E-state index is -0.202. The van der Waals surface area contributed by atoms with Crippen LogP contribution < -0.4 is 10.2 Å². The van der Waals surface area contributed by atoms with E-state index in [1.54, 1.807) is 0 Å². The molecule has 1 aromatic carbocycles. The zero-order valence-electron chi connectivity index (χ0n) is 9.34. The van der Waals surface area contributed by atoms with E-state index in [0.717, 1.165) is 31.7 Å². The molecule has 0 saturated carbocycles. The van der Waals surface area contributed by atoms with Gasteiger partial charge in [-0.05, 0) is 40.5 Å². The summed E-state index contributed by atoms with van der Waals surface area (Å²) in [5.41, 5.74) is 1.10. The normalized spacial score (nSPS) is 21.2. The first-order valence-corrected chi connectivity index (χ1v) is 6.44. The Labute approximate surface area is 104 Å². The largest absolute Gasteiger partial charge is 0.366 e. The van der Waals surface area contributed by atoms with Gasteiger partial charge in [0.15, 0.2) is 0 Å². The third-order valence-electron chi connectivity index (χ3n) is 3.06. The van der Waals surface area contributed by atoms with Crippen LogP contribution in [0.5, 0.6) is 0 Å². The number of nitrogens with one attached hydrogen (secondary N) is 1. The fourth-order valence-corrected chi connectivity index (χ4v) is 2.50. The average Bonchev–Trinajstić information content (AvgIpc) is 2.32. The van der Waals surface area contributed by atoms with Gasteiger partial charge in [-0.2, -0.15) is 0 Å². The number of nitrogens with zero attached hydrogens (tertiary/aromatic N) is 1. The van der Waals surface area contributed by atoms with Crippen molar-refractivity contribution in [3.63, 3.8) is 0 Å². The van der Waals surface area contributed by atoms with Crippen molar-refractivity contribution in [3.05, 3.63) is 28.5 Å². The molecule has 1 fully saturated rings. The lowest BCUT2D eigenvalue weighted by Gasteiger charge is -2.37. The van der Waals surface area contributed by atoms with Gasteiger partial charge in [0.25, 0.3) is 0 Å². The first kappa shape index (κ1) is 11.9. The fraction of sp³-hybridized carbons (Fsp3) is 0.500. The van der Waals surface area contributed by atoms with Crippen molar-refractivity contribution in [3.8, 4) is 0 Å². The summed E-state index contributed by atoms with van der Waals surface area (Å²) in [4.78, 5) is 2.35. The first-order valence-electron chi connectivity index (χ1n) is 5.64. The van der Waals surface area contributed by atoms with E-state index in [-0.39, 0.29) is 5.82 Å². The van der Waals surface area contributed by atoms with Crippen molar-refractivity contribution in [1.29, 1.82) is 0 Å². The number of anilines is 1. The number of piperazine rings is 1. The molecule has 1 aliphatic rings. The lowest BCUT2D eigenvalue weighted by Crippen LogP contribution is -2.51. The Kier molecular flexibility index (Phi) is 3.82. The summed E-state index contributed by atoms with van der Waals surface area (Å²) in [5, 5.41) is 3.38. The molecule has 2 rings (SSSR count). The maximum absolute atomic E-state index is 13.2. The van der Waals surface area contributed by atoms with Crippen LogP contribution in [0.1, 0.15) is 13.3 Å². The van der Waals surface area contributed by atoms with Crippen LogP contribution in [0.15, 0.2) is 22.7 Å². The molecular formula is C12H16BrFN2. The predicted molar refractivity (Wildman–Crippen MR) is 68.4 cm³/mol. The molecular weight excluding hydrogens is 271 g/mol. The van der Waals surface area contributed by atoms with Gasteiger partial charge in [-0.1, -0.05) is 6.92 Å². The Bertz CT molecular complexity index is 370. The molecule has 0 aromatic heterocycles. The van der Waals surface area contributed by atoms with Crippen LogP contribution in [0.2, 0.25) is 0 Å². The molecule has 1 N–H and O–H groups in total. The molecule has 0 aliphatic carbocycles. The standard InChI is InChI=1S/C12H16BrFN2/c1-2-9-8-15-5-6-16(9)10-3-4-12(14)11(13)7-10/h3-4,7,9,15H,2,5-6,8H2,1H3. The Morgan fingerprint density at radius 1 is 1.56 bits per heavy atom. The predicted octanol–water partition coefficient (Wildman–Crippen LogP) is 2.78. The molecule has 16 heavy (non-hydrogen) atoms. The SMILES string of the molecule is CCC1CNCCN1c1ccc(F)c(Br)c1. The number of hydrogen-bond acceptors (Lipinski definition) is 2. The quantitative estimate of drug-likeness (QED) is 0.899. The van der Waals surface area contributed by atoms with Crippen molar-refractivity contribution in [2.24, 2.45) is 0 Å². The molecule has 0 bridgehead atoms. The number of benzene rings is 1. The van der Waals surface area contributed by atoms with Gasteiger partial charge in [0.1, 0.15) is 5.82 Å². The summed E-state index contributed by atoms with van der Waals surface area (Å²) >= 11 is 3.24. The fourth-order valence-electron chi connectivity index (χ4n) is 2.13. The van der Waals surface area contributed by atoms with Crippen molar-refractivity contribution in [2.75, 3.05) is 24.5 Å². The highest BCUT2D eigenvalue weighted by molar-refractivity contribution is 9.10. The van der Waals surface area contributed by atoms with Crippen molar-refractivity contribution in [2.45, 2.75) is 19.4 Å². The zero-order chi connectivity index (χ0) is 11.5. The lowest BCUT2D eigenvalue weighted by molar-refractivity contribution is 0.466. The highest BCUT2D eigenvalue weighted by atomic mass is 79.9. The van der Waals surface area contributed by atoms with Gasteiger partial charge in [-0.25, -0.2) is 4.39 Å². The molecule has 1 unspecified atom stereocenters. The molecule has 1 heterocycles. The van der Waals surface area contributed by atoms with Crippen molar-refractivity contribution < 1.29 is 4.39 Å². The minimum Gasteiger partial charge on any atom is -0.366 e. The Morgan fingerprint density at radius 3 is 3.06 bits per heavy atom. The van der Waals surface area contributed by atoms with E-state index in [4.69, 9.17) is 0 Å². The van der Waals surface area contributed by atoms with Crippen molar-refractivity contribution in [1.82, 2.24) is 5.32 Å². The third kappa shape index (κ3) is 2.38. The van der Waals surface area contributed by atoms with E-state index in [1.165, 1.54) is 6.07 Å². The molecule has 4 heteroatoms. The van der Waals surface area contributed by atoms with Gasteiger partial charge < -0.3 is 10.2 Å². The second kappa shape index (κ2) is 5.15. The van der Waals surface area contributed by atoms with E-state index >= 15 is 0 Å². The summed E-state index contributed by atoms with van der Waals surface area (Å²) < 4.78 is 13.7. The monoisotopic (exact) mass is 286 g/mol. The summed E-state index contributed by atoms with van der Waals surface area (Å²) in [6, 6.07) is 5.75. The zero-order valence-corrected chi connectivity index (χ0v) is 10.9. The van der Waals surface area contributed by atoms with Crippen molar-refractivity contribution >= 4 is 21.6 Å². The van der Waals surface area contributed by atoms with E-state index in [0.29, 0.717) is 10.5 Å². The summed E-state index contributed by atoms with van der Waals surface area (Å²) in [5.74, 6) is -0.202. The molecule has 1 aliphatic heterocycles. The van der Waals surface area contributed by atoms with Gasteiger partial charge >= 0.3 is 0 Å².